The van der Waals surface area contributed by atoms with Crippen LogP contribution in [0.1, 0.15) is 50.6 Å². The first-order chi connectivity index (χ1) is 12.0. The van der Waals surface area contributed by atoms with E-state index >= 15 is 0 Å². The van der Waals surface area contributed by atoms with E-state index in [-0.39, 0.29) is 18.2 Å². The predicted molar refractivity (Wildman–Crippen MR) is 100 cm³/mol. The third kappa shape index (κ3) is 3.88. The number of rotatable bonds is 4. The summed E-state index contributed by atoms with van der Waals surface area (Å²) in [5.41, 5.74) is 2.89. The zero-order valence-corrected chi connectivity index (χ0v) is 16.0. The Kier molecular flexibility index (Phi) is 5.44. The van der Waals surface area contributed by atoms with Gasteiger partial charge >= 0.3 is 6.03 Å². The van der Waals surface area contributed by atoms with Crippen molar-refractivity contribution in [3.63, 3.8) is 0 Å². The molecule has 3 unspecified atom stereocenters. The highest BCUT2D eigenvalue weighted by Gasteiger charge is 2.30. The number of urea groups is 1. The van der Waals surface area contributed by atoms with Crippen LogP contribution in [0.2, 0.25) is 0 Å². The molecular formula is C18H26N4O2S. The number of aromatic nitrogens is 2. The molecule has 0 radical (unpaired) electrons. The summed E-state index contributed by atoms with van der Waals surface area (Å²) in [5.74, 6) is 0. The second-order valence-corrected chi connectivity index (χ2v) is 7.45. The Hall–Kier alpha value is -1.86. The molecule has 0 bridgehead atoms. The van der Waals surface area contributed by atoms with E-state index in [2.05, 4.69) is 35.7 Å². The van der Waals surface area contributed by atoms with E-state index in [1.54, 1.807) is 17.5 Å². The first-order valence-corrected chi connectivity index (χ1v) is 9.71. The summed E-state index contributed by atoms with van der Waals surface area (Å²) in [6, 6.07) is 2.28. The van der Waals surface area contributed by atoms with Crippen molar-refractivity contribution in [1.29, 1.82) is 0 Å². The van der Waals surface area contributed by atoms with Gasteiger partial charge in [-0.2, -0.15) is 16.4 Å². The van der Waals surface area contributed by atoms with Crippen molar-refractivity contribution >= 4 is 23.1 Å². The highest BCUT2D eigenvalue weighted by molar-refractivity contribution is 7.07. The summed E-state index contributed by atoms with van der Waals surface area (Å²) < 4.78 is 7.97. The van der Waals surface area contributed by atoms with Crippen molar-refractivity contribution in [2.75, 3.05) is 18.4 Å². The Morgan fingerprint density at radius 2 is 2.32 bits per heavy atom. The van der Waals surface area contributed by atoms with Gasteiger partial charge in [0.1, 0.15) is 6.10 Å². The van der Waals surface area contributed by atoms with Gasteiger partial charge in [-0.15, -0.1) is 0 Å². The summed E-state index contributed by atoms with van der Waals surface area (Å²) in [5, 5.41) is 11.6. The fraction of sp³-hybridized carbons (Fsp3) is 0.556. The summed E-state index contributed by atoms with van der Waals surface area (Å²) in [7, 11) is 0. The molecule has 25 heavy (non-hydrogen) atoms. The van der Waals surface area contributed by atoms with Gasteiger partial charge in [0, 0.05) is 12.6 Å². The highest BCUT2D eigenvalue weighted by atomic mass is 32.1. The zero-order valence-electron chi connectivity index (χ0n) is 15.2. The molecule has 1 fully saturated rings. The molecule has 1 aliphatic heterocycles. The van der Waals surface area contributed by atoms with Gasteiger partial charge in [-0.05, 0) is 49.6 Å². The van der Waals surface area contributed by atoms with Crippen LogP contribution >= 0.6 is 11.3 Å². The molecule has 0 aliphatic carbocycles. The third-order valence-electron chi connectivity index (χ3n) is 4.76. The normalized spacial score (nSPS) is 22.0. The number of hydrogen-bond donors (Lipinski definition) is 1. The fourth-order valence-corrected chi connectivity index (χ4v) is 3.82. The highest BCUT2D eigenvalue weighted by Crippen LogP contribution is 2.27. The first-order valence-electron chi connectivity index (χ1n) is 8.77. The molecule has 3 heterocycles. The largest absolute Gasteiger partial charge is 0.367 e. The van der Waals surface area contributed by atoms with Gasteiger partial charge in [0.05, 0.1) is 30.2 Å². The molecule has 2 aromatic rings. The summed E-state index contributed by atoms with van der Waals surface area (Å²) in [6.07, 6.45) is 2.68. The first kappa shape index (κ1) is 17.9. The SMILES string of the molecule is CCC(C)n1ncc(NC(=O)N2CC(C)OC(c3ccsc3)C2)c1C. The Morgan fingerprint density at radius 1 is 1.52 bits per heavy atom. The minimum atomic E-state index is -0.0952. The maximum Gasteiger partial charge on any atom is 0.322 e. The molecule has 1 N–H and O–H groups in total. The number of amides is 2. The third-order valence-corrected chi connectivity index (χ3v) is 5.46. The number of ether oxygens (including phenoxy) is 1. The van der Waals surface area contributed by atoms with Crippen LogP contribution in [0.3, 0.4) is 0 Å². The fourth-order valence-electron chi connectivity index (χ4n) is 3.12. The van der Waals surface area contributed by atoms with Crippen LogP contribution in [0.5, 0.6) is 0 Å². The van der Waals surface area contributed by atoms with E-state index in [4.69, 9.17) is 4.74 Å². The van der Waals surface area contributed by atoms with Gasteiger partial charge in [0.25, 0.3) is 0 Å². The molecule has 6 nitrogen and oxygen atoms in total. The average Bonchev–Trinajstić information content (AvgIpc) is 3.25. The topological polar surface area (TPSA) is 59.4 Å². The zero-order chi connectivity index (χ0) is 18.0. The molecule has 1 saturated heterocycles. The quantitative estimate of drug-likeness (QED) is 0.886. The van der Waals surface area contributed by atoms with E-state index in [1.165, 1.54) is 0 Å². The Bertz CT molecular complexity index is 713. The van der Waals surface area contributed by atoms with E-state index in [1.807, 2.05) is 28.8 Å². The van der Waals surface area contributed by atoms with Crippen molar-refractivity contribution in [2.45, 2.75) is 52.4 Å². The molecular weight excluding hydrogens is 336 g/mol. The van der Waals surface area contributed by atoms with Crippen LogP contribution in [0.15, 0.2) is 23.0 Å². The van der Waals surface area contributed by atoms with Gasteiger partial charge in [0.2, 0.25) is 0 Å². The number of nitrogens with zero attached hydrogens (tertiary/aromatic N) is 3. The smallest absolute Gasteiger partial charge is 0.322 e. The van der Waals surface area contributed by atoms with Gasteiger partial charge in [-0.1, -0.05) is 6.92 Å². The molecule has 2 amide bonds. The Labute approximate surface area is 152 Å². The van der Waals surface area contributed by atoms with Crippen LogP contribution in [0.4, 0.5) is 10.5 Å². The van der Waals surface area contributed by atoms with Crippen LogP contribution in [-0.2, 0) is 4.74 Å². The lowest BCUT2D eigenvalue weighted by molar-refractivity contribution is -0.0640. The van der Waals surface area contributed by atoms with Crippen LogP contribution in [0.25, 0.3) is 0 Å². The van der Waals surface area contributed by atoms with E-state index < -0.39 is 0 Å². The predicted octanol–water partition coefficient (Wildman–Crippen LogP) is 4.22. The van der Waals surface area contributed by atoms with E-state index in [0.717, 1.165) is 23.4 Å². The number of carbonyl (C=O) groups is 1. The molecule has 7 heteroatoms. The number of anilines is 1. The van der Waals surface area contributed by atoms with Crippen molar-refractivity contribution in [2.24, 2.45) is 0 Å². The Balaban J connectivity index is 1.69. The van der Waals surface area contributed by atoms with Crippen LogP contribution < -0.4 is 5.32 Å². The number of nitrogens with one attached hydrogen (secondary N) is 1. The Morgan fingerprint density at radius 3 is 3.00 bits per heavy atom. The minimum absolute atomic E-state index is 0.00772. The van der Waals surface area contributed by atoms with E-state index in [0.29, 0.717) is 19.1 Å². The van der Waals surface area contributed by atoms with Gasteiger partial charge < -0.3 is 15.0 Å². The number of carbonyl (C=O) groups excluding carboxylic acids is 1. The molecule has 1 aliphatic rings. The molecule has 3 atom stereocenters. The molecule has 136 valence electrons. The molecule has 2 aromatic heterocycles. The summed E-state index contributed by atoms with van der Waals surface area (Å²) in [6.45, 7) is 9.40. The summed E-state index contributed by atoms with van der Waals surface area (Å²) in [4.78, 5) is 14.6. The van der Waals surface area contributed by atoms with Gasteiger partial charge in [-0.25, -0.2) is 4.79 Å². The van der Waals surface area contributed by atoms with Crippen molar-refractivity contribution in [1.82, 2.24) is 14.7 Å². The molecule has 0 aromatic carbocycles. The van der Waals surface area contributed by atoms with Crippen molar-refractivity contribution in [3.05, 3.63) is 34.3 Å². The molecule has 0 saturated carbocycles. The minimum Gasteiger partial charge on any atom is -0.367 e. The lowest BCUT2D eigenvalue weighted by Gasteiger charge is -2.36. The van der Waals surface area contributed by atoms with Gasteiger partial charge in [0.15, 0.2) is 0 Å². The second kappa shape index (κ2) is 7.58. The standard InChI is InChI=1S/C18H26N4O2S/c1-5-12(2)22-14(4)16(8-19-22)20-18(23)21-9-13(3)24-17(10-21)15-6-7-25-11-15/h6-8,11-13,17H,5,9-10H2,1-4H3,(H,20,23). The van der Waals surface area contributed by atoms with E-state index in [9.17, 15) is 4.79 Å². The maximum atomic E-state index is 12.8. The number of hydrogen-bond acceptors (Lipinski definition) is 4. The van der Waals surface area contributed by atoms with Crippen molar-refractivity contribution < 1.29 is 9.53 Å². The van der Waals surface area contributed by atoms with Crippen LogP contribution in [-0.4, -0.2) is 39.9 Å². The summed E-state index contributed by atoms with van der Waals surface area (Å²) >= 11 is 1.65. The maximum absolute atomic E-state index is 12.8. The van der Waals surface area contributed by atoms with Crippen molar-refractivity contribution in [3.8, 4) is 0 Å². The van der Waals surface area contributed by atoms with Gasteiger partial charge in [-0.3, -0.25) is 4.68 Å². The lowest BCUT2D eigenvalue weighted by atomic mass is 10.1. The average molecular weight is 362 g/mol. The lowest BCUT2D eigenvalue weighted by Crippen LogP contribution is -2.47. The monoisotopic (exact) mass is 362 g/mol. The van der Waals surface area contributed by atoms with Crippen LogP contribution in [0, 0.1) is 6.92 Å². The molecule has 0 spiro atoms. The number of thiophene rings is 1. The number of morpholine rings is 1. The molecule has 3 rings (SSSR count). The second-order valence-electron chi connectivity index (χ2n) is 6.67.